The first-order valence-corrected chi connectivity index (χ1v) is 10.9. The number of benzene rings is 1. The van der Waals surface area contributed by atoms with Gasteiger partial charge in [-0.15, -0.1) is 0 Å². The largest absolute Gasteiger partial charge is 0.468 e. The smallest absolute Gasteiger partial charge is 0.336 e. The van der Waals surface area contributed by atoms with Crippen LogP contribution < -0.4 is 5.32 Å². The molecule has 0 fully saturated rings. The van der Waals surface area contributed by atoms with Gasteiger partial charge in [0.15, 0.2) is 5.78 Å². The molecule has 0 amide bonds. The summed E-state index contributed by atoms with van der Waals surface area (Å²) >= 11 is 0. The molecule has 1 heterocycles. The molecule has 0 aromatic heterocycles. The van der Waals surface area contributed by atoms with E-state index in [4.69, 9.17) is 9.47 Å². The maximum Gasteiger partial charge on any atom is 0.336 e. The third kappa shape index (κ3) is 4.40. The molecule has 0 radical (unpaired) electrons. The van der Waals surface area contributed by atoms with E-state index in [-0.39, 0.29) is 29.4 Å². The number of carbonyl (C=O) groups is 3. The molecule has 9 nitrogen and oxygen atoms in total. The van der Waals surface area contributed by atoms with E-state index >= 15 is 0 Å². The first kappa shape index (κ1) is 24.2. The lowest BCUT2D eigenvalue weighted by molar-refractivity contribution is -0.385. The van der Waals surface area contributed by atoms with Crippen LogP contribution >= 0.6 is 0 Å². The molecule has 3 rings (SSSR count). The molecule has 1 aromatic rings. The zero-order valence-electron chi connectivity index (χ0n) is 19.4. The lowest BCUT2D eigenvalue weighted by Crippen LogP contribution is -2.43. The lowest BCUT2D eigenvalue weighted by atomic mass is 9.69. The maximum atomic E-state index is 13.6. The van der Waals surface area contributed by atoms with Crippen molar-refractivity contribution in [2.45, 2.75) is 46.5 Å². The topological polar surface area (TPSA) is 125 Å². The monoisotopic (exact) mass is 456 g/mol. The molecule has 0 unspecified atom stereocenters. The number of nitro groups is 1. The van der Waals surface area contributed by atoms with E-state index in [1.54, 1.807) is 32.9 Å². The molecule has 176 valence electrons. The van der Waals surface area contributed by atoms with E-state index in [2.05, 4.69) is 5.32 Å². The summed E-state index contributed by atoms with van der Waals surface area (Å²) in [6.45, 7) is 7.18. The Morgan fingerprint density at radius 2 is 1.97 bits per heavy atom. The summed E-state index contributed by atoms with van der Waals surface area (Å²) in [5.41, 5.74) is 2.31. The van der Waals surface area contributed by atoms with E-state index in [1.165, 1.54) is 13.2 Å². The van der Waals surface area contributed by atoms with Gasteiger partial charge in [-0.05, 0) is 38.2 Å². The molecular weight excluding hydrogens is 428 g/mol. The van der Waals surface area contributed by atoms with Crippen LogP contribution in [0, 0.1) is 28.9 Å². The molecule has 0 saturated carbocycles. The van der Waals surface area contributed by atoms with Crippen molar-refractivity contribution in [1.82, 2.24) is 5.32 Å². The molecule has 0 spiro atoms. The molecule has 2 aliphatic rings. The third-order valence-corrected chi connectivity index (χ3v) is 6.16. The van der Waals surface area contributed by atoms with Crippen molar-refractivity contribution in [1.29, 1.82) is 0 Å². The van der Waals surface area contributed by atoms with Crippen LogP contribution in [0.15, 0.2) is 40.7 Å². The Balaban J connectivity index is 2.23. The van der Waals surface area contributed by atoms with E-state index < -0.39 is 34.5 Å². The number of carbonyl (C=O) groups excluding carboxylic acids is 3. The SMILES string of the molecule is CCCOC(=O)C1=C(C)NC2=C(C(=O)[C@H](C(=O)OC)[C@H](C)C2)[C@H]1c1ccc(C)c([N+](=O)[O-])c1. The highest BCUT2D eigenvalue weighted by molar-refractivity contribution is 6.12. The first-order chi connectivity index (χ1) is 15.6. The summed E-state index contributed by atoms with van der Waals surface area (Å²) in [4.78, 5) is 50.2. The van der Waals surface area contributed by atoms with E-state index in [0.29, 0.717) is 35.4 Å². The minimum Gasteiger partial charge on any atom is -0.468 e. The van der Waals surface area contributed by atoms with Gasteiger partial charge in [-0.3, -0.25) is 19.7 Å². The van der Waals surface area contributed by atoms with Crippen molar-refractivity contribution < 1.29 is 28.8 Å². The summed E-state index contributed by atoms with van der Waals surface area (Å²) < 4.78 is 10.3. The zero-order chi connectivity index (χ0) is 24.4. The van der Waals surface area contributed by atoms with Crippen molar-refractivity contribution in [2.24, 2.45) is 11.8 Å². The second-order valence-electron chi connectivity index (χ2n) is 8.47. The number of methoxy groups -OCH3 is 1. The number of dihydropyridines is 1. The van der Waals surface area contributed by atoms with E-state index in [0.717, 1.165) is 0 Å². The molecule has 1 aliphatic heterocycles. The van der Waals surface area contributed by atoms with Crippen LogP contribution in [0.5, 0.6) is 0 Å². The van der Waals surface area contributed by atoms with Gasteiger partial charge in [-0.2, -0.15) is 0 Å². The average Bonchev–Trinajstić information content (AvgIpc) is 2.76. The summed E-state index contributed by atoms with van der Waals surface area (Å²) in [5, 5.41) is 14.8. The van der Waals surface area contributed by atoms with Crippen LogP contribution in [0.4, 0.5) is 5.69 Å². The van der Waals surface area contributed by atoms with Crippen molar-refractivity contribution in [2.75, 3.05) is 13.7 Å². The fourth-order valence-electron chi connectivity index (χ4n) is 4.56. The normalized spacial score (nSPS) is 22.5. The quantitative estimate of drug-likeness (QED) is 0.299. The number of hydrogen-bond donors (Lipinski definition) is 1. The molecule has 0 bridgehead atoms. The predicted molar refractivity (Wildman–Crippen MR) is 119 cm³/mol. The van der Waals surface area contributed by atoms with Crippen LogP contribution in [0.2, 0.25) is 0 Å². The van der Waals surface area contributed by atoms with Crippen molar-refractivity contribution in [3.05, 3.63) is 62.0 Å². The predicted octanol–water partition coefficient (Wildman–Crippen LogP) is 3.47. The number of rotatable bonds is 6. The van der Waals surface area contributed by atoms with Gasteiger partial charge in [0.2, 0.25) is 0 Å². The number of nitrogens with zero attached hydrogens (tertiary/aromatic N) is 1. The van der Waals surface area contributed by atoms with E-state index in [1.807, 2.05) is 6.92 Å². The van der Waals surface area contributed by atoms with Crippen LogP contribution in [0.3, 0.4) is 0 Å². The number of aryl methyl sites for hydroxylation is 1. The van der Waals surface area contributed by atoms with Gasteiger partial charge in [0, 0.05) is 34.5 Å². The third-order valence-electron chi connectivity index (χ3n) is 6.16. The minimum atomic E-state index is -1.02. The van der Waals surface area contributed by atoms with Crippen LogP contribution in [-0.2, 0) is 23.9 Å². The van der Waals surface area contributed by atoms with Gasteiger partial charge < -0.3 is 14.8 Å². The van der Waals surface area contributed by atoms with E-state index in [9.17, 15) is 24.5 Å². The van der Waals surface area contributed by atoms with Gasteiger partial charge in [-0.1, -0.05) is 26.0 Å². The lowest BCUT2D eigenvalue weighted by Gasteiger charge is -2.38. The number of ether oxygens (including phenoxy) is 2. The molecular formula is C24H28N2O7. The van der Waals surface area contributed by atoms with Gasteiger partial charge in [0.25, 0.3) is 5.69 Å². The number of allylic oxidation sites excluding steroid dienone is 3. The fourth-order valence-corrected chi connectivity index (χ4v) is 4.56. The fraction of sp³-hybridized carbons (Fsp3) is 0.458. The number of ketones is 1. The summed E-state index contributed by atoms with van der Waals surface area (Å²) in [5.74, 6) is -3.95. The Hall–Kier alpha value is -3.49. The highest BCUT2D eigenvalue weighted by atomic mass is 16.6. The Labute approximate surface area is 192 Å². The van der Waals surface area contributed by atoms with Crippen molar-refractivity contribution >= 4 is 23.4 Å². The number of hydrogen-bond acceptors (Lipinski definition) is 8. The summed E-state index contributed by atoms with van der Waals surface area (Å²) in [7, 11) is 1.23. The van der Waals surface area contributed by atoms with Crippen molar-refractivity contribution in [3.63, 3.8) is 0 Å². The summed E-state index contributed by atoms with van der Waals surface area (Å²) in [6.07, 6.45) is 1.00. The van der Waals surface area contributed by atoms with Gasteiger partial charge in [0.1, 0.15) is 5.92 Å². The zero-order valence-corrected chi connectivity index (χ0v) is 19.4. The van der Waals surface area contributed by atoms with Gasteiger partial charge >= 0.3 is 11.9 Å². The molecule has 0 saturated heterocycles. The number of nitrogens with one attached hydrogen (secondary N) is 1. The van der Waals surface area contributed by atoms with Crippen molar-refractivity contribution in [3.8, 4) is 0 Å². The molecule has 1 N–H and O–H groups in total. The number of nitro benzene ring substituents is 1. The van der Waals surface area contributed by atoms with Crippen LogP contribution in [0.25, 0.3) is 0 Å². The highest BCUT2D eigenvalue weighted by Crippen LogP contribution is 2.46. The number of esters is 2. The molecule has 1 aliphatic carbocycles. The highest BCUT2D eigenvalue weighted by Gasteiger charge is 2.47. The Morgan fingerprint density at radius 3 is 2.58 bits per heavy atom. The second kappa shape index (κ2) is 9.56. The Kier molecular flexibility index (Phi) is 7.00. The molecule has 33 heavy (non-hydrogen) atoms. The van der Waals surface area contributed by atoms with Crippen LogP contribution in [-0.4, -0.2) is 36.4 Å². The second-order valence-corrected chi connectivity index (χ2v) is 8.47. The minimum absolute atomic E-state index is 0.117. The maximum absolute atomic E-state index is 13.6. The molecule has 1 aromatic carbocycles. The van der Waals surface area contributed by atoms with Gasteiger partial charge in [-0.25, -0.2) is 4.79 Å². The number of Topliss-reactive ketones (excluding diaryl/α,β-unsaturated/α-hetero) is 1. The van der Waals surface area contributed by atoms with Crippen LogP contribution in [0.1, 0.15) is 50.7 Å². The molecule has 9 heteroatoms. The average molecular weight is 456 g/mol. The standard InChI is InChI=1S/C24H28N2O7/c1-6-9-33-24(29)19-14(4)25-16-10-13(3)18(23(28)32-5)22(27)21(16)20(19)15-8-7-12(2)17(11-15)26(30)31/h7-8,11,13,18,20,25H,6,9-10H2,1-5H3/t13-,18-,20+/m1/s1. The Bertz CT molecular complexity index is 1090. The Morgan fingerprint density at radius 1 is 1.27 bits per heavy atom. The summed E-state index contributed by atoms with van der Waals surface area (Å²) in [6, 6.07) is 4.64. The first-order valence-electron chi connectivity index (χ1n) is 10.9. The van der Waals surface area contributed by atoms with Gasteiger partial charge in [0.05, 0.1) is 24.2 Å². The molecule has 3 atom stereocenters.